The van der Waals surface area contributed by atoms with Crippen molar-refractivity contribution in [1.82, 2.24) is 4.98 Å². The molecule has 0 saturated carbocycles. The van der Waals surface area contributed by atoms with Gasteiger partial charge in [-0.3, -0.25) is 24.6 Å². The van der Waals surface area contributed by atoms with Gasteiger partial charge in [0.25, 0.3) is 11.5 Å². The number of nitro benzene ring substituents is 1. The lowest BCUT2D eigenvalue weighted by Gasteiger charge is -2.23. The Morgan fingerprint density at radius 2 is 1.79 bits per heavy atom. The number of non-ortho nitro benzene ring substituents is 1. The third kappa shape index (κ3) is 5.43. The second-order valence-corrected chi connectivity index (χ2v) is 12.7. The van der Waals surface area contributed by atoms with Crippen LogP contribution in [-0.4, -0.2) is 46.8 Å². The van der Waals surface area contributed by atoms with Gasteiger partial charge in [-0.05, 0) is 61.0 Å². The van der Waals surface area contributed by atoms with Crippen molar-refractivity contribution >= 4 is 61.0 Å². The predicted molar refractivity (Wildman–Crippen MR) is 156 cm³/mol. The van der Waals surface area contributed by atoms with E-state index in [1.165, 1.54) is 42.5 Å². The topological polar surface area (TPSA) is 177 Å². The number of ketones is 1. The van der Waals surface area contributed by atoms with Gasteiger partial charge in [-0.15, -0.1) is 0 Å². The number of sulfone groups is 1. The lowest BCUT2D eigenvalue weighted by molar-refractivity contribution is -0.384. The van der Waals surface area contributed by atoms with E-state index >= 15 is 0 Å². The van der Waals surface area contributed by atoms with Crippen LogP contribution in [0.15, 0.2) is 87.6 Å². The smallest absolute Gasteiger partial charge is 0.301 e. The highest BCUT2D eigenvalue weighted by atomic mass is 35.5. The summed E-state index contributed by atoms with van der Waals surface area (Å²) in [5.74, 6) is -2.80. The van der Waals surface area contributed by atoms with Gasteiger partial charge >= 0.3 is 5.91 Å². The Balaban J connectivity index is 1.65. The van der Waals surface area contributed by atoms with Crippen LogP contribution in [0, 0.1) is 10.1 Å². The number of halogens is 1. The molecule has 3 aromatic carbocycles. The number of ether oxygens (including phenoxy) is 1. The maximum atomic E-state index is 13.5. The van der Waals surface area contributed by atoms with E-state index < -0.39 is 38.3 Å². The molecule has 220 valence electrons. The summed E-state index contributed by atoms with van der Waals surface area (Å²) < 4.78 is 31.8. The van der Waals surface area contributed by atoms with E-state index in [4.69, 9.17) is 16.3 Å². The van der Waals surface area contributed by atoms with Crippen LogP contribution < -0.4 is 9.64 Å². The quantitative estimate of drug-likeness (QED) is 0.0847. The van der Waals surface area contributed by atoms with Crippen molar-refractivity contribution in [2.75, 3.05) is 11.5 Å². The number of carbonyl (C=O) groups is 2. The highest BCUT2D eigenvalue weighted by Crippen LogP contribution is 2.45. The minimum Gasteiger partial charge on any atom is -0.507 e. The van der Waals surface area contributed by atoms with Crippen molar-refractivity contribution in [2.45, 2.75) is 22.1 Å². The van der Waals surface area contributed by atoms with E-state index in [2.05, 4.69) is 4.98 Å². The van der Waals surface area contributed by atoms with Crippen LogP contribution in [-0.2, 0) is 19.4 Å². The number of thiazole rings is 1. The van der Waals surface area contributed by atoms with Crippen molar-refractivity contribution in [3.8, 4) is 11.5 Å². The number of hydrogen-bond acceptors (Lipinski definition) is 11. The van der Waals surface area contributed by atoms with Crippen LogP contribution in [0.3, 0.4) is 0 Å². The number of phenolic OH excluding ortho intramolecular Hbond substituents is 1. The second-order valence-electron chi connectivity index (χ2n) is 9.05. The minimum absolute atomic E-state index is 0.0534. The first-order valence-corrected chi connectivity index (χ1v) is 15.1. The third-order valence-electron chi connectivity index (χ3n) is 6.46. The number of benzene rings is 3. The van der Waals surface area contributed by atoms with Crippen molar-refractivity contribution < 1.29 is 37.9 Å². The number of aliphatic hydroxyl groups is 1. The molecule has 0 bridgehead atoms. The summed E-state index contributed by atoms with van der Waals surface area (Å²) >= 11 is 6.57. The fourth-order valence-corrected chi connectivity index (χ4v) is 7.10. The summed E-state index contributed by atoms with van der Waals surface area (Å²) in [5, 5.41) is 32.7. The normalized spacial score (nSPS) is 16.4. The Labute approximate surface area is 253 Å². The molecule has 12 nitrogen and oxygen atoms in total. The van der Waals surface area contributed by atoms with Crippen molar-refractivity contribution in [2.24, 2.45) is 0 Å². The summed E-state index contributed by atoms with van der Waals surface area (Å²) in [5.41, 5.74) is -0.161. The van der Waals surface area contributed by atoms with Gasteiger partial charge in [-0.25, -0.2) is 13.4 Å². The van der Waals surface area contributed by atoms with Crippen LogP contribution in [0.1, 0.15) is 24.1 Å². The number of anilines is 1. The molecule has 1 saturated heterocycles. The van der Waals surface area contributed by atoms with Crippen LogP contribution in [0.25, 0.3) is 5.76 Å². The van der Waals surface area contributed by atoms with Crippen LogP contribution in [0.4, 0.5) is 10.8 Å². The number of nitrogens with zero attached hydrogens (tertiary/aromatic N) is 3. The van der Waals surface area contributed by atoms with Crippen LogP contribution in [0.2, 0.25) is 5.02 Å². The SMILES string of the molecule is CCOc1cc(C2/C(=C(/O)c3ccc(Cl)cc3)C(=O)C(=O)N2c2ncc(S(=O)(=O)c3ccc([N+](=O)[O-])cc3)s2)ccc1O. The largest absolute Gasteiger partial charge is 0.507 e. The number of Topliss-reactive ketones (excluding diaryl/α,β-unsaturated/α-hetero) is 1. The molecule has 0 aliphatic carbocycles. The highest BCUT2D eigenvalue weighted by molar-refractivity contribution is 7.93. The fraction of sp³-hybridized carbons (Fsp3) is 0.107. The van der Waals surface area contributed by atoms with Crippen molar-refractivity contribution in [3.05, 3.63) is 105 Å². The zero-order valence-electron chi connectivity index (χ0n) is 22.0. The van der Waals surface area contributed by atoms with Gasteiger partial charge in [-0.1, -0.05) is 29.0 Å². The predicted octanol–water partition coefficient (Wildman–Crippen LogP) is 5.27. The number of aliphatic hydroxyl groups excluding tert-OH is 1. The number of rotatable bonds is 8. The number of carbonyl (C=O) groups excluding carboxylic acids is 2. The van der Waals surface area contributed by atoms with Crippen molar-refractivity contribution in [3.63, 3.8) is 0 Å². The van der Waals surface area contributed by atoms with Crippen LogP contribution in [0.5, 0.6) is 11.5 Å². The van der Waals surface area contributed by atoms with Gasteiger partial charge in [-0.2, -0.15) is 0 Å². The highest BCUT2D eigenvalue weighted by Gasteiger charge is 2.48. The second kappa shape index (κ2) is 11.5. The Kier molecular flexibility index (Phi) is 7.92. The zero-order chi connectivity index (χ0) is 31.1. The van der Waals surface area contributed by atoms with Gasteiger partial charge < -0.3 is 14.9 Å². The summed E-state index contributed by atoms with van der Waals surface area (Å²) in [7, 11) is -4.22. The van der Waals surface area contributed by atoms with E-state index in [9.17, 15) is 38.3 Å². The Bertz CT molecular complexity index is 1900. The molecule has 1 atom stereocenters. The van der Waals surface area contributed by atoms with Gasteiger partial charge in [0, 0.05) is 22.7 Å². The Hall–Kier alpha value is -4.79. The Morgan fingerprint density at radius 3 is 2.42 bits per heavy atom. The molecule has 0 radical (unpaired) electrons. The lowest BCUT2D eigenvalue weighted by atomic mass is 9.95. The molecule has 1 aliphatic rings. The van der Waals surface area contributed by atoms with Gasteiger partial charge in [0.15, 0.2) is 16.6 Å². The summed E-state index contributed by atoms with van der Waals surface area (Å²) in [6.45, 7) is 1.89. The van der Waals surface area contributed by atoms with Gasteiger partial charge in [0.1, 0.15) is 9.97 Å². The van der Waals surface area contributed by atoms with E-state index in [-0.39, 0.29) is 54.7 Å². The molecule has 2 N–H and O–H groups in total. The van der Waals surface area contributed by atoms with E-state index in [0.717, 1.165) is 35.4 Å². The number of aromatic nitrogens is 1. The molecule has 43 heavy (non-hydrogen) atoms. The maximum Gasteiger partial charge on any atom is 0.301 e. The fourth-order valence-electron chi connectivity index (χ4n) is 4.43. The first kappa shape index (κ1) is 29.7. The average molecular weight is 642 g/mol. The molecule has 2 heterocycles. The molecule has 5 rings (SSSR count). The number of hydrogen-bond donors (Lipinski definition) is 2. The van der Waals surface area contributed by atoms with Crippen LogP contribution >= 0.6 is 22.9 Å². The molecule has 1 fully saturated rings. The molecular formula is C28H20ClN3O9S2. The molecule has 1 aromatic heterocycles. The number of nitro groups is 1. The van der Waals surface area contributed by atoms with Gasteiger partial charge in [0.05, 0.1) is 34.2 Å². The summed E-state index contributed by atoms with van der Waals surface area (Å²) in [4.78, 5) is 42.1. The molecule has 1 aliphatic heterocycles. The average Bonchev–Trinajstić information content (AvgIpc) is 3.58. The van der Waals surface area contributed by atoms with E-state index in [0.29, 0.717) is 16.4 Å². The first-order chi connectivity index (χ1) is 20.4. The zero-order valence-corrected chi connectivity index (χ0v) is 24.4. The Morgan fingerprint density at radius 1 is 1.12 bits per heavy atom. The number of amides is 1. The van der Waals surface area contributed by atoms with E-state index in [1.54, 1.807) is 6.92 Å². The molecule has 1 unspecified atom stereocenters. The minimum atomic E-state index is -4.22. The number of phenols is 1. The maximum absolute atomic E-state index is 13.5. The number of aromatic hydroxyl groups is 1. The lowest BCUT2D eigenvalue weighted by Crippen LogP contribution is -2.29. The monoisotopic (exact) mass is 641 g/mol. The molecule has 15 heteroatoms. The summed E-state index contributed by atoms with van der Waals surface area (Å²) in [6.07, 6.45) is 1.01. The third-order valence-corrected chi connectivity index (χ3v) is 9.94. The molecular weight excluding hydrogens is 622 g/mol. The van der Waals surface area contributed by atoms with E-state index in [1.807, 2.05) is 0 Å². The first-order valence-electron chi connectivity index (χ1n) is 12.4. The standard InChI is InChI=1S/C28H20ClN3O9S2/c1-2-41-21-13-16(5-12-20(21)33)24-23(25(34)15-3-6-17(29)7-4-15)26(35)27(36)31(24)28-30-14-22(42-28)43(39,40)19-10-8-18(9-11-19)32(37)38/h3-14,24,33-34H,2H2,1H3/b25-23-. The summed E-state index contributed by atoms with van der Waals surface area (Å²) in [6, 6.07) is 13.0. The molecule has 1 amide bonds. The molecule has 0 spiro atoms. The van der Waals surface area contributed by atoms with Crippen molar-refractivity contribution in [1.29, 1.82) is 0 Å². The molecule has 4 aromatic rings. The van der Waals surface area contributed by atoms with Gasteiger partial charge in [0.2, 0.25) is 9.84 Å².